The van der Waals surface area contributed by atoms with Crippen molar-refractivity contribution in [1.29, 1.82) is 0 Å². The Morgan fingerprint density at radius 2 is 1.67 bits per heavy atom. The van der Waals surface area contributed by atoms with Crippen molar-refractivity contribution in [2.45, 2.75) is 30.8 Å². The van der Waals surface area contributed by atoms with E-state index in [0.29, 0.717) is 5.92 Å². The molecule has 0 radical (unpaired) electrons. The van der Waals surface area contributed by atoms with Gasteiger partial charge in [0, 0.05) is 49.9 Å². The zero-order chi connectivity index (χ0) is 16.5. The average molecular weight is 342 g/mol. The van der Waals surface area contributed by atoms with Gasteiger partial charge in [-0.3, -0.25) is 0 Å². The van der Waals surface area contributed by atoms with Crippen LogP contribution < -0.4 is 9.80 Å². The van der Waals surface area contributed by atoms with Crippen molar-refractivity contribution >= 4 is 23.4 Å². The first-order valence-corrected chi connectivity index (χ1v) is 9.67. The van der Waals surface area contributed by atoms with Crippen LogP contribution in [0.5, 0.6) is 0 Å². The van der Waals surface area contributed by atoms with Gasteiger partial charge in [0.2, 0.25) is 0 Å². The van der Waals surface area contributed by atoms with Crippen LogP contribution in [0.2, 0.25) is 0 Å². The van der Waals surface area contributed by atoms with E-state index in [1.807, 2.05) is 13.2 Å². The second-order valence-corrected chi connectivity index (χ2v) is 7.18. The maximum absolute atomic E-state index is 4.73. The van der Waals surface area contributed by atoms with Crippen molar-refractivity contribution in [2.75, 3.05) is 42.2 Å². The molecule has 24 heavy (non-hydrogen) atoms. The molecular formula is C17H22N6S. The highest BCUT2D eigenvalue weighted by molar-refractivity contribution is 7.98. The third-order valence-corrected chi connectivity index (χ3v) is 5.15. The first-order valence-electron chi connectivity index (χ1n) is 8.44. The van der Waals surface area contributed by atoms with Gasteiger partial charge in [0.05, 0.1) is 5.69 Å². The molecule has 0 unspecified atom stereocenters. The van der Waals surface area contributed by atoms with Crippen molar-refractivity contribution in [1.82, 2.24) is 19.9 Å². The Morgan fingerprint density at radius 1 is 0.958 bits per heavy atom. The monoisotopic (exact) mass is 342 g/mol. The molecule has 126 valence electrons. The highest BCUT2D eigenvalue weighted by Crippen LogP contribution is 2.40. The predicted octanol–water partition coefficient (Wildman–Crippen LogP) is 2.50. The minimum absolute atomic E-state index is 0.655. The van der Waals surface area contributed by atoms with Gasteiger partial charge in [-0.15, -0.1) is 0 Å². The van der Waals surface area contributed by atoms with E-state index in [-0.39, 0.29) is 0 Å². The number of hydrogen-bond donors (Lipinski definition) is 0. The summed E-state index contributed by atoms with van der Waals surface area (Å²) < 4.78 is 0. The summed E-state index contributed by atoms with van der Waals surface area (Å²) >= 11 is 1.63. The van der Waals surface area contributed by atoms with Gasteiger partial charge in [-0.2, -0.15) is 0 Å². The molecule has 2 aliphatic rings. The van der Waals surface area contributed by atoms with Crippen molar-refractivity contribution in [3.05, 3.63) is 29.8 Å². The maximum atomic E-state index is 4.73. The van der Waals surface area contributed by atoms with Gasteiger partial charge in [-0.25, -0.2) is 19.9 Å². The highest BCUT2D eigenvalue weighted by atomic mass is 32.2. The van der Waals surface area contributed by atoms with Crippen LogP contribution in [0.15, 0.2) is 23.6 Å². The number of anilines is 2. The number of hydrogen-bond acceptors (Lipinski definition) is 7. The Bertz CT molecular complexity index is 725. The van der Waals surface area contributed by atoms with Crippen molar-refractivity contribution < 1.29 is 0 Å². The number of aromatic nitrogens is 4. The second kappa shape index (κ2) is 6.55. The van der Waals surface area contributed by atoms with E-state index in [4.69, 9.17) is 4.98 Å². The molecule has 7 heteroatoms. The molecule has 0 aromatic carbocycles. The normalized spacial score (nSPS) is 18.1. The first kappa shape index (κ1) is 15.6. The summed E-state index contributed by atoms with van der Waals surface area (Å²) in [6, 6.07) is 4.25. The Hall–Kier alpha value is -1.89. The Labute approximate surface area is 146 Å². The SMILES string of the molecule is CSc1nc(C2CC2)cc(N2CCN(c3cc(C)ncn3)CC2)n1. The minimum Gasteiger partial charge on any atom is -0.353 e. The number of rotatable bonds is 4. The Morgan fingerprint density at radius 3 is 2.29 bits per heavy atom. The Kier molecular flexibility index (Phi) is 4.26. The molecule has 6 nitrogen and oxygen atoms in total. The quantitative estimate of drug-likeness (QED) is 0.625. The summed E-state index contributed by atoms with van der Waals surface area (Å²) in [5.74, 6) is 2.76. The molecule has 0 N–H and O–H groups in total. The molecule has 1 saturated heterocycles. The molecule has 4 rings (SSSR count). The van der Waals surface area contributed by atoms with E-state index < -0.39 is 0 Å². The van der Waals surface area contributed by atoms with Gasteiger partial charge in [0.15, 0.2) is 5.16 Å². The van der Waals surface area contributed by atoms with Crippen LogP contribution in [-0.4, -0.2) is 52.4 Å². The fraction of sp³-hybridized carbons (Fsp3) is 0.529. The summed E-state index contributed by atoms with van der Waals surface area (Å²) in [7, 11) is 0. The van der Waals surface area contributed by atoms with Crippen molar-refractivity contribution in [3.63, 3.8) is 0 Å². The largest absolute Gasteiger partial charge is 0.353 e. The standard InChI is InChI=1S/C17H22N6S/c1-12-9-15(19-11-18-12)22-5-7-23(8-6-22)16-10-14(13-3-4-13)20-17(21-16)24-2/h9-11,13H,3-8H2,1-2H3. The van der Waals surface area contributed by atoms with Gasteiger partial charge in [0.1, 0.15) is 18.0 Å². The topological polar surface area (TPSA) is 58.0 Å². The molecule has 0 atom stereocenters. The number of nitrogens with zero attached hydrogens (tertiary/aromatic N) is 6. The third kappa shape index (κ3) is 3.31. The first-order chi connectivity index (χ1) is 11.7. The van der Waals surface area contributed by atoms with Crippen molar-refractivity contribution in [2.24, 2.45) is 0 Å². The lowest BCUT2D eigenvalue weighted by Crippen LogP contribution is -2.47. The highest BCUT2D eigenvalue weighted by Gasteiger charge is 2.27. The Balaban J connectivity index is 1.48. The lowest BCUT2D eigenvalue weighted by Gasteiger charge is -2.36. The molecule has 2 fully saturated rings. The fourth-order valence-corrected chi connectivity index (χ4v) is 3.43. The van der Waals surface area contributed by atoms with Crippen LogP contribution in [0.1, 0.15) is 30.1 Å². The summed E-state index contributed by atoms with van der Waals surface area (Å²) in [5.41, 5.74) is 2.23. The lowest BCUT2D eigenvalue weighted by atomic mass is 10.2. The zero-order valence-electron chi connectivity index (χ0n) is 14.1. The van der Waals surface area contributed by atoms with Crippen LogP contribution in [0.4, 0.5) is 11.6 Å². The van der Waals surface area contributed by atoms with Gasteiger partial charge >= 0.3 is 0 Å². The molecule has 1 saturated carbocycles. The molecule has 0 spiro atoms. The van der Waals surface area contributed by atoms with Crippen LogP contribution in [0.25, 0.3) is 0 Å². The summed E-state index contributed by atoms with van der Waals surface area (Å²) in [4.78, 5) is 22.7. The number of aryl methyl sites for hydroxylation is 1. The molecule has 3 heterocycles. The maximum Gasteiger partial charge on any atom is 0.189 e. The minimum atomic E-state index is 0.655. The fourth-order valence-electron chi connectivity index (χ4n) is 3.05. The number of piperazine rings is 1. The van der Waals surface area contributed by atoms with E-state index >= 15 is 0 Å². The van der Waals surface area contributed by atoms with Gasteiger partial charge in [-0.1, -0.05) is 11.8 Å². The summed E-state index contributed by atoms with van der Waals surface area (Å²) in [5, 5.41) is 0.892. The molecule has 0 bridgehead atoms. The molecule has 1 aliphatic carbocycles. The van der Waals surface area contributed by atoms with Crippen LogP contribution in [0.3, 0.4) is 0 Å². The average Bonchev–Trinajstić information content (AvgIpc) is 3.47. The zero-order valence-corrected chi connectivity index (χ0v) is 15.0. The van der Waals surface area contributed by atoms with E-state index in [9.17, 15) is 0 Å². The van der Waals surface area contributed by atoms with Crippen LogP contribution in [0, 0.1) is 6.92 Å². The lowest BCUT2D eigenvalue weighted by molar-refractivity contribution is 0.635. The van der Waals surface area contributed by atoms with Crippen LogP contribution >= 0.6 is 11.8 Å². The van der Waals surface area contributed by atoms with Gasteiger partial charge in [0.25, 0.3) is 0 Å². The molecular weight excluding hydrogens is 320 g/mol. The smallest absolute Gasteiger partial charge is 0.189 e. The van der Waals surface area contributed by atoms with Crippen molar-refractivity contribution in [3.8, 4) is 0 Å². The van der Waals surface area contributed by atoms with E-state index in [0.717, 1.165) is 48.7 Å². The molecule has 0 amide bonds. The summed E-state index contributed by atoms with van der Waals surface area (Å²) in [6.07, 6.45) is 6.23. The summed E-state index contributed by atoms with van der Waals surface area (Å²) in [6.45, 7) is 5.82. The molecule has 2 aromatic rings. The number of thioether (sulfide) groups is 1. The van der Waals surface area contributed by atoms with Gasteiger partial charge < -0.3 is 9.80 Å². The molecule has 1 aliphatic heterocycles. The van der Waals surface area contributed by atoms with Crippen LogP contribution in [-0.2, 0) is 0 Å². The molecule has 2 aromatic heterocycles. The van der Waals surface area contributed by atoms with E-state index in [1.54, 1.807) is 18.1 Å². The van der Waals surface area contributed by atoms with E-state index in [1.165, 1.54) is 18.5 Å². The predicted molar refractivity (Wildman–Crippen MR) is 97.0 cm³/mol. The van der Waals surface area contributed by atoms with E-state index in [2.05, 4.69) is 36.9 Å². The third-order valence-electron chi connectivity index (χ3n) is 4.61. The van der Waals surface area contributed by atoms with Gasteiger partial charge in [-0.05, 0) is 26.0 Å². The second-order valence-electron chi connectivity index (χ2n) is 6.40.